The van der Waals surface area contributed by atoms with E-state index in [1.807, 2.05) is 25.1 Å². The Balaban J connectivity index is 2.04. The molecule has 0 bridgehead atoms. The van der Waals surface area contributed by atoms with Gasteiger partial charge in [0.2, 0.25) is 0 Å². The number of quaternary nitrogens is 1. The zero-order valence-electron chi connectivity index (χ0n) is 12.6. The van der Waals surface area contributed by atoms with Crippen LogP contribution in [0, 0.1) is 6.92 Å². The number of rotatable bonds is 2. The SMILES string of the molecule is Cc1[nH]c2c(Cl)cccc2c(=O)c1C[NH+]1CCCC[C@@H]1C. The molecule has 2 heterocycles. The first kappa shape index (κ1) is 14.6. The number of nitrogens with one attached hydrogen (secondary N) is 2. The Hall–Kier alpha value is -1.32. The van der Waals surface area contributed by atoms with Crippen LogP contribution < -0.4 is 10.3 Å². The first-order valence-electron chi connectivity index (χ1n) is 7.72. The van der Waals surface area contributed by atoms with Gasteiger partial charge in [-0.1, -0.05) is 17.7 Å². The van der Waals surface area contributed by atoms with Crippen LogP contribution in [0.1, 0.15) is 37.4 Å². The Morgan fingerprint density at radius 3 is 2.95 bits per heavy atom. The van der Waals surface area contributed by atoms with Gasteiger partial charge >= 0.3 is 0 Å². The summed E-state index contributed by atoms with van der Waals surface area (Å²) in [5, 5.41) is 1.31. The Bertz CT molecular complexity index is 723. The van der Waals surface area contributed by atoms with E-state index in [2.05, 4.69) is 11.9 Å². The number of hydrogen-bond acceptors (Lipinski definition) is 1. The van der Waals surface area contributed by atoms with Gasteiger partial charge in [0.05, 0.1) is 28.7 Å². The molecule has 1 aliphatic rings. The fourth-order valence-corrected chi connectivity index (χ4v) is 3.61. The van der Waals surface area contributed by atoms with Crippen molar-refractivity contribution in [1.29, 1.82) is 0 Å². The van der Waals surface area contributed by atoms with E-state index in [9.17, 15) is 4.79 Å². The third kappa shape index (κ3) is 2.72. The molecule has 1 saturated heterocycles. The second-order valence-electron chi connectivity index (χ2n) is 6.20. The lowest BCUT2D eigenvalue weighted by atomic mass is 10.0. The summed E-state index contributed by atoms with van der Waals surface area (Å²) in [5.74, 6) is 0. The van der Waals surface area contributed by atoms with E-state index in [-0.39, 0.29) is 5.43 Å². The molecular weight excluding hydrogens is 284 g/mol. The average molecular weight is 306 g/mol. The minimum atomic E-state index is 0.133. The number of piperidine rings is 1. The molecule has 112 valence electrons. The first-order chi connectivity index (χ1) is 10.1. The summed E-state index contributed by atoms with van der Waals surface area (Å²) in [5.41, 5.74) is 2.75. The smallest absolute Gasteiger partial charge is 0.198 e. The van der Waals surface area contributed by atoms with Gasteiger partial charge in [0.15, 0.2) is 5.43 Å². The maximum Gasteiger partial charge on any atom is 0.198 e. The molecule has 4 heteroatoms. The van der Waals surface area contributed by atoms with Gasteiger partial charge in [-0.05, 0) is 45.2 Å². The third-order valence-electron chi connectivity index (χ3n) is 4.78. The molecule has 21 heavy (non-hydrogen) atoms. The van der Waals surface area contributed by atoms with Crippen molar-refractivity contribution in [3.8, 4) is 0 Å². The summed E-state index contributed by atoms with van der Waals surface area (Å²) < 4.78 is 0. The molecule has 2 N–H and O–H groups in total. The third-order valence-corrected chi connectivity index (χ3v) is 5.10. The molecule has 0 amide bonds. The van der Waals surface area contributed by atoms with Crippen molar-refractivity contribution in [2.75, 3.05) is 6.54 Å². The van der Waals surface area contributed by atoms with Crippen LogP contribution >= 0.6 is 11.6 Å². The number of likely N-dealkylation sites (tertiary alicyclic amines) is 1. The highest BCUT2D eigenvalue weighted by Gasteiger charge is 2.24. The lowest BCUT2D eigenvalue weighted by Crippen LogP contribution is -3.15. The number of H-pyrrole nitrogens is 1. The Morgan fingerprint density at radius 2 is 2.19 bits per heavy atom. The molecule has 0 radical (unpaired) electrons. The summed E-state index contributed by atoms with van der Waals surface area (Å²) in [7, 11) is 0. The van der Waals surface area contributed by atoms with Gasteiger partial charge in [0.25, 0.3) is 0 Å². The van der Waals surface area contributed by atoms with Crippen molar-refractivity contribution in [3.05, 3.63) is 44.7 Å². The average Bonchev–Trinajstić information content (AvgIpc) is 2.46. The van der Waals surface area contributed by atoms with Gasteiger partial charge in [0, 0.05) is 11.1 Å². The van der Waals surface area contributed by atoms with Crippen molar-refractivity contribution in [1.82, 2.24) is 4.98 Å². The normalized spacial score (nSPS) is 22.6. The largest absolute Gasteiger partial charge is 0.357 e. The molecule has 0 spiro atoms. The Kier molecular flexibility index (Phi) is 4.05. The molecular formula is C17H22ClN2O+. The van der Waals surface area contributed by atoms with Crippen molar-refractivity contribution in [3.63, 3.8) is 0 Å². The Morgan fingerprint density at radius 1 is 1.38 bits per heavy atom. The van der Waals surface area contributed by atoms with Gasteiger partial charge < -0.3 is 9.88 Å². The van der Waals surface area contributed by atoms with Crippen molar-refractivity contribution in [2.45, 2.75) is 45.7 Å². The molecule has 2 atom stereocenters. The van der Waals surface area contributed by atoms with Crippen molar-refractivity contribution < 1.29 is 4.90 Å². The van der Waals surface area contributed by atoms with E-state index in [1.165, 1.54) is 24.2 Å². The van der Waals surface area contributed by atoms with E-state index in [0.717, 1.165) is 29.9 Å². The van der Waals surface area contributed by atoms with Crippen LogP contribution in [0.3, 0.4) is 0 Å². The summed E-state index contributed by atoms with van der Waals surface area (Å²) in [4.78, 5) is 17.6. The van der Waals surface area contributed by atoms with Crippen LogP contribution in [-0.2, 0) is 6.54 Å². The van der Waals surface area contributed by atoms with Crippen LogP contribution in [0.2, 0.25) is 5.02 Å². The van der Waals surface area contributed by atoms with Crippen LogP contribution in [0.5, 0.6) is 0 Å². The van der Waals surface area contributed by atoms with Crippen molar-refractivity contribution >= 4 is 22.5 Å². The number of pyridine rings is 1. The van der Waals surface area contributed by atoms with E-state index in [0.29, 0.717) is 16.5 Å². The maximum absolute atomic E-state index is 12.8. The number of aryl methyl sites for hydroxylation is 1. The first-order valence-corrected chi connectivity index (χ1v) is 8.10. The highest BCUT2D eigenvalue weighted by molar-refractivity contribution is 6.35. The molecule has 3 nitrogen and oxygen atoms in total. The number of hydrogen-bond donors (Lipinski definition) is 2. The molecule has 2 aromatic rings. The second kappa shape index (κ2) is 5.82. The fraction of sp³-hybridized carbons (Fsp3) is 0.471. The highest BCUT2D eigenvalue weighted by atomic mass is 35.5. The molecule has 0 aliphatic carbocycles. The van der Waals surface area contributed by atoms with Crippen molar-refractivity contribution in [2.24, 2.45) is 0 Å². The van der Waals surface area contributed by atoms with Gasteiger partial charge in [0.1, 0.15) is 6.54 Å². The lowest BCUT2D eigenvalue weighted by Gasteiger charge is -2.30. The number of aromatic amines is 1. The van der Waals surface area contributed by atoms with Gasteiger partial charge in [-0.2, -0.15) is 0 Å². The number of fused-ring (bicyclic) bond motifs is 1. The zero-order chi connectivity index (χ0) is 15.0. The van der Waals surface area contributed by atoms with Crippen LogP contribution in [0.25, 0.3) is 10.9 Å². The van der Waals surface area contributed by atoms with Gasteiger partial charge in [-0.15, -0.1) is 0 Å². The maximum atomic E-state index is 12.8. The van der Waals surface area contributed by atoms with Gasteiger partial charge in [-0.25, -0.2) is 0 Å². The van der Waals surface area contributed by atoms with E-state index >= 15 is 0 Å². The Labute approximate surface area is 129 Å². The predicted octanol–water partition coefficient (Wildman–Crippen LogP) is 2.45. The standard InChI is InChI=1S/C17H21ClN2O/c1-11-6-3-4-9-20(11)10-14-12(2)19-16-13(17(14)21)7-5-8-15(16)18/h5,7-8,11H,3-4,6,9-10H2,1-2H3,(H,19,21)/p+1/t11-/m0/s1. The predicted molar refractivity (Wildman–Crippen MR) is 87.2 cm³/mol. The van der Waals surface area contributed by atoms with E-state index in [1.54, 1.807) is 0 Å². The molecule has 0 saturated carbocycles. The van der Waals surface area contributed by atoms with E-state index < -0.39 is 0 Å². The molecule has 1 fully saturated rings. The summed E-state index contributed by atoms with van der Waals surface area (Å²) >= 11 is 6.19. The minimum absolute atomic E-state index is 0.133. The van der Waals surface area contributed by atoms with E-state index in [4.69, 9.17) is 11.6 Å². The number of halogens is 1. The number of para-hydroxylation sites is 1. The number of benzene rings is 1. The molecule has 1 aromatic carbocycles. The quantitative estimate of drug-likeness (QED) is 0.878. The molecule has 1 unspecified atom stereocenters. The fourth-order valence-electron chi connectivity index (χ4n) is 3.39. The summed E-state index contributed by atoms with van der Waals surface area (Å²) in [6.07, 6.45) is 3.83. The molecule has 3 rings (SSSR count). The summed E-state index contributed by atoms with van der Waals surface area (Å²) in [6.45, 7) is 6.24. The number of aromatic nitrogens is 1. The monoisotopic (exact) mass is 305 g/mol. The highest BCUT2D eigenvalue weighted by Crippen LogP contribution is 2.20. The lowest BCUT2D eigenvalue weighted by molar-refractivity contribution is -0.942. The second-order valence-corrected chi connectivity index (χ2v) is 6.61. The van der Waals surface area contributed by atoms with Crippen LogP contribution in [0.4, 0.5) is 0 Å². The zero-order valence-corrected chi connectivity index (χ0v) is 13.4. The molecule has 1 aromatic heterocycles. The van der Waals surface area contributed by atoms with Crippen LogP contribution in [-0.4, -0.2) is 17.6 Å². The van der Waals surface area contributed by atoms with Crippen LogP contribution in [0.15, 0.2) is 23.0 Å². The minimum Gasteiger partial charge on any atom is -0.357 e. The molecule has 1 aliphatic heterocycles. The topological polar surface area (TPSA) is 37.3 Å². The summed E-state index contributed by atoms with van der Waals surface area (Å²) in [6, 6.07) is 6.15. The van der Waals surface area contributed by atoms with Gasteiger partial charge in [-0.3, -0.25) is 4.79 Å².